The molecular formula is C30H30O4. The van der Waals surface area contributed by atoms with E-state index < -0.39 is 5.97 Å². The summed E-state index contributed by atoms with van der Waals surface area (Å²) < 4.78 is 10.8. The fourth-order valence-electron chi connectivity index (χ4n) is 3.67. The molecule has 1 N–H and O–H groups in total. The molecule has 3 rings (SSSR count). The molecule has 4 heteroatoms. The molecule has 0 amide bonds. The van der Waals surface area contributed by atoms with Gasteiger partial charge in [0.1, 0.15) is 11.5 Å². The third-order valence-electron chi connectivity index (χ3n) is 5.35. The van der Waals surface area contributed by atoms with Crippen LogP contribution in [0.1, 0.15) is 23.6 Å². The first-order chi connectivity index (χ1) is 16.5. The van der Waals surface area contributed by atoms with Crippen LogP contribution < -0.4 is 4.74 Å². The lowest BCUT2D eigenvalue weighted by Crippen LogP contribution is -2.15. The van der Waals surface area contributed by atoms with E-state index in [4.69, 9.17) is 9.47 Å². The van der Waals surface area contributed by atoms with E-state index in [-0.39, 0.29) is 12.4 Å². The van der Waals surface area contributed by atoms with Gasteiger partial charge in [0.2, 0.25) is 0 Å². The molecule has 0 heterocycles. The van der Waals surface area contributed by atoms with Crippen molar-refractivity contribution in [3.05, 3.63) is 120 Å². The lowest BCUT2D eigenvalue weighted by atomic mass is 9.95. The number of rotatable bonds is 11. The average Bonchev–Trinajstić information content (AvgIpc) is 2.85. The first-order valence-corrected chi connectivity index (χ1v) is 11.3. The Kier molecular flexibility index (Phi) is 8.87. The van der Waals surface area contributed by atoms with E-state index >= 15 is 0 Å². The minimum absolute atomic E-state index is 0.141. The monoisotopic (exact) mass is 454 g/mol. The first kappa shape index (κ1) is 24.6. The summed E-state index contributed by atoms with van der Waals surface area (Å²) in [6, 6.07) is 21.6. The second-order valence-corrected chi connectivity index (χ2v) is 7.78. The van der Waals surface area contributed by atoms with Crippen LogP contribution in [0.4, 0.5) is 0 Å². The van der Waals surface area contributed by atoms with Crippen molar-refractivity contribution in [1.29, 1.82) is 0 Å². The van der Waals surface area contributed by atoms with Crippen LogP contribution in [0.15, 0.2) is 104 Å². The Morgan fingerprint density at radius 3 is 2.35 bits per heavy atom. The van der Waals surface area contributed by atoms with Crippen LogP contribution in [0.25, 0.3) is 11.1 Å². The predicted octanol–water partition coefficient (Wildman–Crippen LogP) is 6.43. The highest BCUT2D eigenvalue weighted by Gasteiger charge is 2.12. The van der Waals surface area contributed by atoms with Gasteiger partial charge in [-0.25, -0.2) is 4.79 Å². The molecule has 0 saturated heterocycles. The van der Waals surface area contributed by atoms with Crippen LogP contribution in [0.2, 0.25) is 0 Å². The Morgan fingerprint density at radius 1 is 0.971 bits per heavy atom. The molecule has 4 nitrogen and oxygen atoms in total. The maximum Gasteiger partial charge on any atom is 0.344 e. The molecular weight excluding hydrogens is 424 g/mol. The van der Waals surface area contributed by atoms with Crippen LogP contribution >= 0.6 is 0 Å². The van der Waals surface area contributed by atoms with Gasteiger partial charge in [0, 0.05) is 12.8 Å². The zero-order chi connectivity index (χ0) is 24.3. The quantitative estimate of drug-likeness (QED) is 0.268. The van der Waals surface area contributed by atoms with E-state index in [0.29, 0.717) is 25.2 Å². The summed E-state index contributed by atoms with van der Waals surface area (Å²) in [7, 11) is 0. The Balaban J connectivity index is 1.95. The van der Waals surface area contributed by atoms with Crippen molar-refractivity contribution in [2.75, 3.05) is 13.2 Å². The molecule has 0 atom stereocenters. The lowest BCUT2D eigenvalue weighted by molar-refractivity contribution is -0.145. The second kappa shape index (κ2) is 12.3. The molecule has 0 bridgehead atoms. The number of ether oxygens (including phenoxy) is 2. The number of hydrogen-bond donors (Lipinski definition) is 1. The minimum Gasteiger partial charge on any atom is -0.508 e. The summed E-state index contributed by atoms with van der Waals surface area (Å²) >= 11 is 0. The SMILES string of the molecule is C=C/C=C(\C=C)Cc1cc(-c2ccc(OCC(=O)OCC)c(Cc3ccccc3)c2)ccc1O. The van der Waals surface area contributed by atoms with E-state index in [2.05, 4.69) is 31.4 Å². The largest absolute Gasteiger partial charge is 0.508 e. The van der Waals surface area contributed by atoms with Crippen molar-refractivity contribution in [3.63, 3.8) is 0 Å². The molecule has 0 spiro atoms. The molecule has 0 radical (unpaired) electrons. The number of allylic oxidation sites excluding steroid dienone is 4. The van der Waals surface area contributed by atoms with E-state index in [9.17, 15) is 9.90 Å². The van der Waals surface area contributed by atoms with Crippen molar-refractivity contribution in [1.82, 2.24) is 0 Å². The van der Waals surface area contributed by atoms with Crippen molar-refractivity contribution < 1.29 is 19.4 Å². The Labute approximate surface area is 201 Å². The van der Waals surface area contributed by atoms with Gasteiger partial charge in [0.05, 0.1) is 6.61 Å². The Bertz CT molecular complexity index is 1180. The van der Waals surface area contributed by atoms with Gasteiger partial charge >= 0.3 is 5.97 Å². The molecule has 3 aromatic carbocycles. The Morgan fingerprint density at radius 2 is 1.68 bits per heavy atom. The molecule has 0 aliphatic carbocycles. The van der Waals surface area contributed by atoms with Crippen molar-refractivity contribution >= 4 is 5.97 Å². The van der Waals surface area contributed by atoms with Crippen LogP contribution in [0.5, 0.6) is 11.5 Å². The highest BCUT2D eigenvalue weighted by Crippen LogP contribution is 2.32. The van der Waals surface area contributed by atoms with Crippen molar-refractivity contribution in [2.24, 2.45) is 0 Å². The standard InChI is InChI=1S/C30H30O4/c1-4-10-22(5-2)17-26-19-24(13-15-28(26)31)25-14-16-29(34-21-30(32)33-6-3)27(20-25)18-23-11-8-7-9-12-23/h4-5,7-16,19-20,31H,1-2,6,17-18,21H2,3H3/b22-10+. The number of phenols is 1. The molecule has 0 aliphatic rings. The van der Waals surface area contributed by atoms with Crippen LogP contribution in [0.3, 0.4) is 0 Å². The maximum atomic E-state index is 11.8. The second-order valence-electron chi connectivity index (χ2n) is 7.78. The molecule has 0 aromatic heterocycles. The van der Waals surface area contributed by atoms with E-state index in [1.807, 2.05) is 48.5 Å². The number of carbonyl (C=O) groups is 1. The number of phenolic OH excluding ortho intramolecular Hbond substituents is 1. The summed E-state index contributed by atoms with van der Waals surface area (Å²) in [4.78, 5) is 11.8. The van der Waals surface area contributed by atoms with Gasteiger partial charge < -0.3 is 14.6 Å². The van der Waals surface area contributed by atoms with Gasteiger partial charge in [0.25, 0.3) is 0 Å². The van der Waals surface area contributed by atoms with Crippen LogP contribution in [0, 0.1) is 0 Å². The maximum absolute atomic E-state index is 11.8. The molecule has 0 saturated carbocycles. The fraction of sp³-hybridized carbons (Fsp3) is 0.167. The van der Waals surface area contributed by atoms with Crippen molar-refractivity contribution in [3.8, 4) is 22.6 Å². The number of esters is 1. The fourth-order valence-corrected chi connectivity index (χ4v) is 3.67. The number of aromatic hydroxyl groups is 1. The van der Waals surface area contributed by atoms with E-state index in [0.717, 1.165) is 33.4 Å². The summed E-state index contributed by atoms with van der Waals surface area (Å²) in [6.45, 7) is 9.53. The van der Waals surface area contributed by atoms with Gasteiger partial charge in [-0.3, -0.25) is 0 Å². The van der Waals surface area contributed by atoms with Gasteiger partial charge in [-0.1, -0.05) is 73.9 Å². The highest BCUT2D eigenvalue weighted by molar-refractivity contribution is 5.72. The summed E-state index contributed by atoms with van der Waals surface area (Å²) in [5.41, 5.74) is 5.83. The number of benzene rings is 3. The van der Waals surface area contributed by atoms with Crippen LogP contribution in [-0.2, 0) is 22.4 Å². The molecule has 0 fully saturated rings. The topological polar surface area (TPSA) is 55.8 Å². The summed E-state index contributed by atoms with van der Waals surface area (Å²) in [6.07, 6.45) is 6.56. The van der Waals surface area contributed by atoms with Gasteiger partial charge in [-0.2, -0.15) is 0 Å². The lowest BCUT2D eigenvalue weighted by Gasteiger charge is -2.14. The summed E-state index contributed by atoms with van der Waals surface area (Å²) in [5, 5.41) is 10.4. The zero-order valence-electron chi connectivity index (χ0n) is 19.5. The van der Waals surface area contributed by atoms with Gasteiger partial charge in [0.15, 0.2) is 6.61 Å². The van der Waals surface area contributed by atoms with Crippen molar-refractivity contribution in [2.45, 2.75) is 19.8 Å². The number of carbonyl (C=O) groups excluding carboxylic acids is 1. The minimum atomic E-state index is -0.397. The zero-order valence-corrected chi connectivity index (χ0v) is 19.5. The molecule has 3 aromatic rings. The normalized spacial score (nSPS) is 11.0. The predicted molar refractivity (Wildman–Crippen MR) is 137 cm³/mol. The molecule has 0 unspecified atom stereocenters. The first-order valence-electron chi connectivity index (χ1n) is 11.3. The van der Waals surface area contributed by atoms with Crippen LogP contribution in [-0.4, -0.2) is 24.3 Å². The van der Waals surface area contributed by atoms with Gasteiger partial charge in [-0.05, 0) is 64.6 Å². The molecule has 174 valence electrons. The summed E-state index contributed by atoms with van der Waals surface area (Å²) in [5.74, 6) is 0.480. The van der Waals surface area contributed by atoms with Gasteiger partial charge in [-0.15, -0.1) is 0 Å². The average molecular weight is 455 g/mol. The highest BCUT2D eigenvalue weighted by atomic mass is 16.6. The smallest absolute Gasteiger partial charge is 0.344 e. The molecule has 0 aliphatic heterocycles. The number of hydrogen-bond acceptors (Lipinski definition) is 4. The Hall–Kier alpha value is -4.05. The van der Waals surface area contributed by atoms with E-state index in [1.54, 1.807) is 25.1 Å². The third-order valence-corrected chi connectivity index (χ3v) is 5.35. The van der Waals surface area contributed by atoms with E-state index in [1.165, 1.54) is 0 Å². The molecule has 34 heavy (non-hydrogen) atoms. The third kappa shape index (κ3) is 6.72.